The van der Waals surface area contributed by atoms with E-state index < -0.39 is 28.1 Å². The quantitative estimate of drug-likeness (QED) is 0.663. The van der Waals surface area contributed by atoms with Crippen molar-refractivity contribution in [3.8, 4) is 0 Å². The molecule has 0 bridgehead atoms. The zero-order valence-corrected chi connectivity index (χ0v) is 12.6. The second-order valence-corrected chi connectivity index (χ2v) is 6.73. The van der Waals surface area contributed by atoms with E-state index in [1.54, 1.807) is 23.1 Å². The Kier molecular flexibility index (Phi) is 3.94. The molecule has 3 heterocycles. The average Bonchev–Trinajstić information content (AvgIpc) is 3.09. The second-order valence-electron chi connectivity index (χ2n) is 5.13. The van der Waals surface area contributed by atoms with E-state index in [2.05, 4.69) is 4.98 Å². The van der Waals surface area contributed by atoms with Gasteiger partial charge in [-0.25, -0.2) is 4.98 Å². The van der Waals surface area contributed by atoms with Crippen molar-refractivity contribution in [1.29, 1.82) is 0 Å². The topological polar surface area (TPSA) is 107 Å². The van der Waals surface area contributed by atoms with Crippen molar-refractivity contribution in [2.24, 2.45) is 0 Å². The summed E-state index contributed by atoms with van der Waals surface area (Å²) < 4.78 is 19.2. The highest BCUT2D eigenvalue weighted by atomic mass is 32.2. The Labute approximate surface area is 128 Å². The lowest BCUT2D eigenvalue weighted by Gasteiger charge is -2.14. The number of aliphatic hydroxyl groups excluding tert-OH is 1. The summed E-state index contributed by atoms with van der Waals surface area (Å²) in [4.78, 5) is 14.8. The van der Waals surface area contributed by atoms with Crippen LogP contribution in [0.25, 0.3) is 11.0 Å². The van der Waals surface area contributed by atoms with Crippen LogP contribution in [-0.4, -0.2) is 48.0 Å². The molecule has 1 N–H and O–H groups in total. The number of pyridine rings is 1. The minimum Gasteiger partial charge on any atom is -0.394 e. The maximum atomic E-state index is 11.7. The Morgan fingerprint density at radius 2 is 2.36 bits per heavy atom. The Bertz CT molecular complexity index is 746. The summed E-state index contributed by atoms with van der Waals surface area (Å²) in [5.41, 5.74) is 0.425. The molecule has 1 aliphatic rings. The van der Waals surface area contributed by atoms with E-state index in [0.29, 0.717) is 17.5 Å². The number of nitrogens with zero attached hydrogens (tertiary/aromatic N) is 3. The van der Waals surface area contributed by atoms with Gasteiger partial charge in [0, 0.05) is 41.9 Å². The predicted molar refractivity (Wildman–Crippen MR) is 79.9 cm³/mol. The van der Waals surface area contributed by atoms with Gasteiger partial charge < -0.3 is 14.4 Å². The second kappa shape index (κ2) is 5.75. The van der Waals surface area contributed by atoms with Gasteiger partial charge in [0.1, 0.15) is 11.9 Å². The first-order valence-electron chi connectivity index (χ1n) is 6.71. The van der Waals surface area contributed by atoms with Gasteiger partial charge >= 0.3 is 0 Å². The van der Waals surface area contributed by atoms with Gasteiger partial charge in [0.2, 0.25) is 0 Å². The molecule has 0 aromatic carbocycles. The first kappa shape index (κ1) is 15.1. The summed E-state index contributed by atoms with van der Waals surface area (Å²) in [6.45, 7) is -0.215. The first-order chi connectivity index (χ1) is 10.5. The maximum Gasteiger partial charge on any atom is 0.281 e. The fourth-order valence-electron chi connectivity index (χ4n) is 2.82. The Balaban J connectivity index is 2.00. The van der Waals surface area contributed by atoms with Crippen molar-refractivity contribution in [3.63, 3.8) is 0 Å². The molecule has 2 aromatic heterocycles. The summed E-state index contributed by atoms with van der Waals surface area (Å²) >= 11 is 0. The Morgan fingerprint density at radius 3 is 2.95 bits per heavy atom. The first-order valence-corrected chi connectivity index (χ1v) is 8.33. The monoisotopic (exact) mass is 325 g/mol. The molecule has 22 heavy (non-hydrogen) atoms. The third-order valence-electron chi connectivity index (χ3n) is 3.89. The largest absolute Gasteiger partial charge is 0.394 e. The van der Waals surface area contributed by atoms with Crippen LogP contribution in [0.2, 0.25) is 0 Å². The summed E-state index contributed by atoms with van der Waals surface area (Å²) in [5.74, 6) is 0. The van der Waals surface area contributed by atoms with Crippen LogP contribution in [0.5, 0.6) is 0 Å². The molecule has 3 rings (SSSR count). The van der Waals surface area contributed by atoms with Crippen molar-refractivity contribution in [2.75, 3.05) is 12.9 Å². The van der Waals surface area contributed by atoms with Crippen LogP contribution in [-0.2, 0) is 15.5 Å². The van der Waals surface area contributed by atoms with E-state index in [1.807, 2.05) is 0 Å². The third kappa shape index (κ3) is 2.40. The van der Waals surface area contributed by atoms with Crippen molar-refractivity contribution < 1.29 is 19.0 Å². The lowest BCUT2D eigenvalue weighted by atomic mass is 10.2. The van der Waals surface area contributed by atoms with Crippen molar-refractivity contribution >= 4 is 27.5 Å². The molecule has 1 aliphatic heterocycles. The smallest absolute Gasteiger partial charge is 0.281 e. The summed E-state index contributed by atoms with van der Waals surface area (Å²) in [6.07, 6.45) is 4.14. The molecule has 0 aliphatic carbocycles. The standard InChI is InChI=1S/C13H15N3O5S/c1-22(20)11-6-12(21-10(11)7-17)15-5-3-8-9(16(18)19)2-4-14-13(8)15/h2-5,10-12,17H,6-7H2,1H3/t10-,11+,12-,22?/m1/s1. The molecular formula is C13H15N3O5S. The van der Waals surface area contributed by atoms with Crippen LogP contribution < -0.4 is 0 Å². The summed E-state index contributed by atoms with van der Waals surface area (Å²) in [7, 11) is -1.13. The molecule has 4 atom stereocenters. The van der Waals surface area contributed by atoms with Crippen LogP contribution >= 0.6 is 0 Å². The van der Waals surface area contributed by atoms with E-state index in [0.717, 1.165) is 0 Å². The van der Waals surface area contributed by atoms with E-state index in [-0.39, 0.29) is 17.5 Å². The molecule has 2 aromatic rings. The molecule has 9 heteroatoms. The van der Waals surface area contributed by atoms with Crippen LogP contribution in [0.15, 0.2) is 24.5 Å². The predicted octanol–water partition coefficient (Wildman–Crippen LogP) is 0.971. The van der Waals surface area contributed by atoms with Gasteiger partial charge in [0.15, 0.2) is 0 Å². The van der Waals surface area contributed by atoms with E-state index >= 15 is 0 Å². The number of rotatable bonds is 4. The van der Waals surface area contributed by atoms with Crippen LogP contribution in [0.4, 0.5) is 5.69 Å². The van der Waals surface area contributed by atoms with Gasteiger partial charge in [-0.15, -0.1) is 0 Å². The Hall–Kier alpha value is -1.84. The normalized spacial score (nSPS) is 26.4. The van der Waals surface area contributed by atoms with E-state index in [9.17, 15) is 19.4 Å². The highest BCUT2D eigenvalue weighted by Crippen LogP contribution is 2.35. The van der Waals surface area contributed by atoms with Crippen molar-refractivity contribution in [3.05, 3.63) is 34.6 Å². The number of ether oxygens (including phenoxy) is 1. The minimum atomic E-state index is -1.13. The molecule has 1 fully saturated rings. The number of hydrogen-bond donors (Lipinski definition) is 1. The van der Waals surface area contributed by atoms with Crippen LogP contribution in [0.3, 0.4) is 0 Å². The van der Waals surface area contributed by atoms with Crippen molar-refractivity contribution in [2.45, 2.75) is 24.0 Å². The SMILES string of the molecule is CS(=O)[C@H]1C[C@H](n2ccc3c([N+](=O)[O-])ccnc32)O[C@@H]1CO. The number of nitro groups is 1. The van der Waals surface area contributed by atoms with Gasteiger partial charge in [-0.2, -0.15) is 0 Å². The highest BCUT2D eigenvalue weighted by molar-refractivity contribution is 7.85. The Morgan fingerprint density at radius 1 is 1.59 bits per heavy atom. The zero-order chi connectivity index (χ0) is 15.9. The highest BCUT2D eigenvalue weighted by Gasteiger charge is 2.38. The lowest BCUT2D eigenvalue weighted by Crippen LogP contribution is -2.28. The fourth-order valence-corrected chi connectivity index (χ4v) is 3.83. The van der Waals surface area contributed by atoms with Gasteiger partial charge in [-0.3, -0.25) is 14.3 Å². The summed E-state index contributed by atoms with van der Waals surface area (Å²) in [5, 5.41) is 20.6. The lowest BCUT2D eigenvalue weighted by molar-refractivity contribution is -0.383. The van der Waals surface area contributed by atoms with Gasteiger partial charge in [0.25, 0.3) is 5.69 Å². The molecule has 118 valence electrons. The van der Waals surface area contributed by atoms with Gasteiger partial charge in [-0.1, -0.05) is 0 Å². The number of aliphatic hydroxyl groups is 1. The maximum absolute atomic E-state index is 11.7. The minimum absolute atomic E-state index is 0.0175. The van der Waals surface area contributed by atoms with E-state index in [4.69, 9.17) is 4.74 Å². The third-order valence-corrected chi connectivity index (χ3v) is 5.23. The van der Waals surface area contributed by atoms with Gasteiger partial charge in [0.05, 0.1) is 28.3 Å². The average molecular weight is 325 g/mol. The van der Waals surface area contributed by atoms with E-state index in [1.165, 1.54) is 12.3 Å². The zero-order valence-electron chi connectivity index (χ0n) is 11.8. The molecule has 1 unspecified atom stereocenters. The molecule has 0 saturated carbocycles. The molecule has 0 radical (unpaired) electrons. The number of fused-ring (bicyclic) bond motifs is 1. The van der Waals surface area contributed by atoms with Crippen LogP contribution in [0.1, 0.15) is 12.6 Å². The number of aromatic nitrogens is 2. The molecule has 1 saturated heterocycles. The molecule has 0 spiro atoms. The summed E-state index contributed by atoms with van der Waals surface area (Å²) in [6, 6.07) is 2.97. The van der Waals surface area contributed by atoms with Crippen LogP contribution in [0, 0.1) is 10.1 Å². The number of hydrogen-bond acceptors (Lipinski definition) is 6. The molecule has 0 amide bonds. The fraction of sp³-hybridized carbons (Fsp3) is 0.462. The van der Waals surface area contributed by atoms with Crippen molar-refractivity contribution in [1.82, 2.24) is 9.55 Å². The van der Waals surface area contributed by atoms with Gasteiger partial charge in [-0.05, 0) is 6.07 Å². The molecule has 8 nitrogen and oxygen atoms in total. The molecular weight excluding hydrogens is 310 g/mol.